The molecule has 1 heterocycles. The van der Waals surface area contributed by atoms with Crippen LogP contribution in [0.5, 0.6) is 11.5 Å². The van der Waals surface area contributed by atoms with Gasteiger partial charge in [-0.2, -0.15) is 4.31 Å². The predicted molar refractivity (Wildman–Crippen MR) is 81.3 cm³/mol. The Balaban J connectivity index is 2.52. The van der Waals surface area contributed by atoms with Gasteiger partial charge in [-0.05, 0) is 38.8 Å². The highest BCUT2D eigenvalue weighted by atomic mass is 32.2. The van der Waals surface area contributed by atoms with Crippen LogP contribution in [-0.2, 0) is 10.0 Å². The predicted octanol–water partition coefficient (Wildman–Crippen LogP) is 2.66. The molecule has 1 saturated heterocycles. The molecule has 0 saturated carbocycles. The maximum absolute atomic E-state index is 13.0. The van der Waals surface area contributed by atoms with Crippen molar-refractivity contribution in [2.24, 2.45) is 0 Å². The molecule has 2 atom stereocenters. The van der Waals surface area contributed by atoms with E-state index in [0.29, 0.717) is 11.5 Å². The van der Waals surface area contributed by atoms with Crippen LogP contribution in [0.15, 0.2) is 23.1 Å². The first-order chi connectivity index (χ1) is 9.91. The second-order valence-corrected chi connectivity index (χ2v) is 7.29. The van der Waals surface area contributed by atoms with E-state index in [0.717, 1.165) is 19.3 Å². The Morgan fingerprint density at radius 3 is 2.24 bits per heavy atom. The molecule has 1 aromatic carbocycles. The molecule has 0 aliphatic carbocycles. The van der Waals surface area contributed by atoms with Crippen molar-refractivity contribution >= 4 is 10.0 Å². The smallest absolute Gasteiger partial charge is 0.247 e. The lowest BCUT2D eigenvalue weighted by Gasteiger charge is -2.37. The summed E-state index contributed by atoms with van der Waals surface area (Å²) in [6, 6.07) is 4.85. The van der Waals surface area contributed by atoms with Crippen LogP contribution in [0.2, 0.25) is 0 Å². The number of sulfonamides is 1. The van der Waals surface area contributed by atoms with Crippen LogP contribution in [0.25, 0.3) is 0 Å². The third kappa shape index (κ3) is 3.01. The average molecular weight is 313 g/mol. The van der Waals surface area contributed by atoms with Gasteiger partial charge in [-0.15, -0.1) is 0 Å². The van der Waals surface area contributed by atoms with Crippen LogP contribution in [0.1, 0.15) is 33.1 Å². The van der Waals surface area contributed by atoms with Gasteiger partial charge in [0, 0.05) is 18.2 Å². The molecule has 6 heteroatoms. The van der Waals surface area contributed by atoms with E-state index in [1.54, 1.807) is 16.4 Å². The molecule has 2 rings (SSSR count). The molecule has 0 spiro atoms. The summed E-state index contributed by atoms with van der Waals surface area (Å²) in [4.78, 5) is 0.171. The van der Waals surface area contributed by atoms with Gasteiger partial charge in [0.25, 0.3) is 0 Å². The van der Waals surface area contributed by atoms with Gasteiger partial charge in [0.2, 0.25) is 10.0 Å². The minimum atomic E-state index is -3.61. The summed E-state index contributed by atoms with van der Waals surface area (Å²) in [6.45, 7) is 3.92. The highest BCUT2D eigenvalue weighted by Gasteiger charge is 2.37. The Bertz CT molecular complexity index is 590. The van der Waals surface area contributed by atoms with Gasteiger partial charge in [0.15, 0.2) is 0 Å². The number of piperidine rings is 1. The number of hydrogen-bond donors (Lipinski definition) is 0. The summed E-state index contributed by atoms with van der Waals surface area (Å²) in [7, 11) is -0.613. The van der Waals surface area contributed by atoms with Gasteiger partial charge in [-0.25, -0.2) is 8.42 Å². The van der Waals surface area contributed by atoms with Crippen LogP contribution in [0.4, 0.5) is 0 Å². The van der Waals surface area contributed by atoms with Crippen molar-refractivity contribution in [1.29, 1.82) is 0 Å². The lowest BCUT2D eigenvalue weighted by molar-refractivity contribution is 0.203. The van der Waals surface area contributed by atoms with Crippen molar-refractivity contribution in [3.63, 3.8) is 0 Å². The molecule has 1 aliphatic rings. The number of ether oxygens (including phenoxy) is 2. The van der Waals surface area contributed by atoms with Crippen molar-refractivity contribution in [3.05, 3.63) is 18.2 Å². The van der Waals surface area contributed by atoms with Gasteiger partial charge in [0.05, 0.1) is 14.2 Å². The molecule has 5 nitrogen and oxygen atoms in total. The van der Waals surface area contributed by atoms with Crippen molar-refractivity contribution in [2.45, 2.75) is 50.1 Å². The summed E-state index contributed by atoms with van der Waals surface area (Å²) in [5, 5.41) is 0. The molecule has 1 aromatic rings. The monoisotopic (exact) mass is 313 g/mol. The van der Waals surface area contributed by atoms with E-state index in [9.17, 15) is 8.42 Å². The molecule has 118 valence electrons. The quantitative estimate of drug-likeness (QED) is 0.857. The van der Waals surface area contributed by atoms with E-state index in [-0.39, 0.29) is 17.0 Å². The van der Waals surface area contributed by atoms with E-state index >= 15 is 0 Å². The Morgan fingerprint density at radius 2 is 1.71 bits per heavy atom. The Hall–Kier alpha value is -1.27. The van der Waals surface area contributed by atoms with E-state index < -0.39 is 10.0 Å². The van der Waals surface area contributed by atoms with Crippen LogP contribution in [0.3, 0.4) is 0 Å². The molecule has 21 heavy (non-hydrogen) atoms. The molecule has 1 aliphatic heterocycles. The van der Waals surface area contributed by atoms with Crippen molar-refractivity contribution in [2.75, 3.05) is 14.2 Å². The third-order valence-electron chi connectivity index (χ3n) is 4.04. The van der Waals surface area contributed by atoms with E-state index in [1.807, 2.05) is 13.8 Å². The van der Waals surface area contributed by atoms with E-state index in [2.05, 4.69) is 0 Å². The van der Waals surface area contributed by atoms with Gasteiger partial charge < -0.3 is 9.47 Å². The van der Waals surface area contributed by atoms with Gasteiger partial charge in [-0.3, -0.25) is 0 Å². The molecule has 0 amide bonds. The maximum Gasteiger partial charge on any atom is 0.247 e. The molecule has 0 radical (unpaired) electrons. The Morgan fingerprint density at radius 1 is 1.10 bits per heavy atom. The summed E-state index contributed by atoms with van der Waals surface area (Å²) in [5.41, 5.74) is 0. The van der Waals surface area contributed by atoms with Gasteiger partial charge in [0.1, 0.15) is 16.4 Å². The fourth-order valence-corrected chi connectivity index (χ4v) is 5.03. The second-order valence-electron chi connectivity index (χ2n) is 5.48. The van der Waals surface area contributed by atoms with Crippen LogP contribution < -0.4 is 9.47 Å². The fourth-order valence-electron chi connectivity index (χ4n) is 2.97. The lowest BCUT2D eigenvalue weighted by Crippen LogP contribution is -2.47. The summed E-state index contributed by atoms with van der Waals surface area (Å²) in [5.74, 6) is 0.854. The first-order valence-electron chi connectivity index (χ1n) is 7.17. The number of nitrogens with zero attached hydrogens (tertiary/aromatic N) is 1. The van der Waals surface area contributed by atoms with Crippen LogP contribution in [0, 0.1) is 0 Å². The van der Waals surface area contributed by atoms with Gasteiger partial charge in [-0.1, -0.05) is 6.42 Å². The summed E-state index contributed by atoms with van der Waals surface area (Å²) in [6.07, 6.45) is 2.83. The largest absolute Gasteiger partial charge is 0.497 e. The summed E-state index contributed by atoms with van der Waals surface area (Å²) >= 11 is 0. The van der Waals surface area contributed by atoms with Gasteiger partial charge >= 0.3 is 0 Å². The minimum absolute atomic E-state index is 0.00495. The molecular formula is C15H23NO4S. The first-order valence-corrected chi connectivity index (χ1v) is 8.61. The minimum Gasteiger partial charge on any atom is -0.497 e. The molecule has 1 fully saturated rings. The third-order valence-corrected chi connectivity index (χ3v) is 6.19. The molecular weight excluding hydrogens is 290 g/mol. The number of methoxy groups -OCH3 is 2. The van der Waals surface area contributed by atoms with Crippen molar-refractivity contribution in [3.8, 4) is 11.5 Å². The van der Waals surface area contributed by atoms with Crippen LogP contribution in [-0.4, -0.2) is 39.0 Å². The lowest BCUT2D eigenvalue weighted by atomic mass is 10.0. The molecule has 0 N–H and O–H groups in total. The highest BCUT2D eigenvalue weighted by molar-refractivity contribution is 7.89. The summed E-state index contributed by atoms with van der Waals surface area (Å²) < 4.78 is 38.1. The molecule has 0 unspecified atom stereocenters. The maximum atomic E-state index is 13.0. The Labute approximate surface area is 126 Å². The normalized spacial score (nSPS) is 23.8. The Kier molecular flexibility index (Phi) is 4.78. The zero-order chi connectivity index (χ0) is 15.6. The topological polar surface area (TPSA) is 55.8 Å². The molecule has 0 bridgehead atoms. The second kappa shape index (κ2) is 6.23. The van der Waals surface area contributed by atoms with E-state index in [1.165, 1.54) is 20.3 Å². The number of rotatable bonds is 4. The van der Waals surface area contributed by atoms with E-state index in [4.69, 9.17) is 9.47 Å². The fraction of sp³-hybridized carbons (Fsp3) is 0.600. The zero-order valence-electron chi connectivity index (χ0n) is 13.0. The average Bonchev–Trinajstić information content (AvgIpc) is 2.46. The van der Waals surface area contributed by atoms with Crippen LogP contribution >= 0.6 is 0 Å². The van der Waals surface area contributed by atoms with Crippen molar-refractivity contribution in [1.82, 2.24) is 4.31 Å². The van der Waals surface area contributed by atoms with Crippen molar-refractivity contribution < 1.29 is 17.9 Å². The number of hydrogen-bond acceptors (Lipinski definition) is 4. The standard InChI is InChI=1S/C15H23NO4S/c1-11-6-5-7-12(2)16(11)21(17,18)15-10-13(19-3)8-9-14(15)20-4/h8-12H,5-7H2,1-4H3/t11-,12-/m0/s1. The SMILES string of the molecule is COc1ccc(OC)c(S(=O)(=O)N2[C@@H](C)CCC[C@@H]2C)c1. The molecule has 0 aromatic heterocycles. The highest BCUT2D eigenvalue weighted by Crippen LogP contribution is 2.35. The first kappa shape index (κ1) is 16.1. The zero-order valence-corrected chi connectivity index (χ0v) is 13.8. The number of benzene rings is 1.